The van der Waals surface area contributed by atoms with Gasteiger partial charge in [-0.3, -0.25) is 0 Å². The van der Waals surface area contributed by atoms with Gasteiger partial charge < -0.3 is 17.7 Å². The van der Waals surface area contributed by atoms with Gasteiger partial charge in [0.15, 0.2) is 0 Å². The Balaban J connectivity index is 3.38. The maximum Gasteiger partial charge on any atom is 0.507 e. The fraction of sp³-hybridized carbons (Fsp3) is 0.750. The van der Waals surface area contributed by atoms with E-state index in [1.165, 1.54) is 0 Å². The highest BCUT2D eigenvalue weighted by Gasteiger charge is 2.26. The average Bonchev–Trinajstić information content (AvgIpc) is 2.02. The van der Waals surface area contributed by atoms with E-state index in [1.54, 1.807) is 0 Å². The molecule has 0 radical (unpaired) electrons. The molecule has 0 bridgehead atoms. The average molecular weight is 195 g/mol. The number of rotatable bonds is 7. The Kier molecular flexibility index (Phi) is 5.87. The zero-order valence-corrected chi connectivity index (χ0v) is 7.86. The standard InChI is InChI=1S/C8H15BF3O/c1-3-4-5-6-13-7-8(2)9(10,11)12/h2-7H2,1H3/q-1. The summed E-state index contributed by atoms with van der Waals surface area (Å²) in [7, 11) is 0. The van der Waals surface area contributed by atoms with E-state index in [4.69, 9.17) is 4.74 Å². The van der Waals surface area contributed by atoms with Crippen molar-refractivity contribution in [2.24, 2.45) is 0 Å². The Morgan fingerprint density at radius 2 is 1.92 bits per heavy atom. The van der Waals surface area contributed by atoms with E-state index >= 15 is 0 Å². The smallest absolute Gasteiger partial charge is 0.445 e. The zero-order valence-electron chi connectivity index (χ0n) is 7.86. The molecule has 1 nitrogen and oxygen atoms in total. The highest BCUT2D eigenvalue weighted by atomic mass is 19.4. The van der Waals surface area contributed by atoms with Crippen LogP contribution in [0, 0.1) is 0 Å². The number of unbranched alkanes of at least 4 members (excludes halogenated alkanes) is 2. The molecule has 0 fully saturated rings. The van der Waals surface area contributed by atoms with Crippen molar-refractivity contribution in [3.05, 3.63) is 12.1 Å². The molecule has 0 N–H and O–H groups in total. The molecule has 0 unspecified atom stereocenters. The van der Waals surface area contributed by atoms with Gasteiger partial charge in [-0.1, -0.05) is 19.8 Å². The Morgan fingerprint density at radius 3 is 2.38 bits per heavy atom. The molecule has 0 aliphatic rings. The van der Waals surface area contributed by atoms with Gasteiger partial charge in [-0.2, -0.15) is 0 Å². The van der Waals surface area contributed by atoms with Gasteiger partial charge in [-0.25, -0.2) is 0 Å². The third-order valence-electron chi connectivity index (χ3n) is 1.64. The van der Waals surface area contributed by atoms with Crippen molar-refractivity contribution in [3.8, 4) is 0 Å². The lowest BCUT2D eigenvalue weighted by Gasteiger charge is -2.17. The molecule has 78 valence electrons. The zero-order chi connectivity index (χ0) is 10.3. The molecule has 0 spiro atoms. The molecule has 0 amide bonds. The van der Waals surface area contributed by atoms with E-state index < -0.39 is 12.4 Å². The highest BCUT2D eigenvalue weighted by molar-refractivity contribution is 6.66. The fourth-order valence-corrected chi connectivity index (χ4v) is 0.752. The lowest BCUT2D eigenvalue weighted by Crippen LogP contribution is -2.22. The molecule has 5 heteroatoms. The number of hydrogen-bond donors (Lipinski definition) is 0. The van der Waals surface area contributed by atoms with Crippen LogP contribution >= 0.6 is 0 Å². The minimum absolute atomic E-state index is 0.382. The van der Waals surface area contributed by atoms with Crippen molar-refractivity contribution >= 4 is 6.98 Å². The maximum atomic E-state index is 11.9. The second kappa shape index (κ2) is 6.08. The van der Waals surface area contributed by atoms with Gasteiger partial charge >= 0.3 is 6.98 Å². The van der Waals surface area contributed by atoms with Crippen molar-refractivity contribution in [2.75, 3.05) is 13.2 Å². The van der Waals surface area contributed by atoms with Gasteiger partial charge in [-0.15, -0.1) is 12.1 Å². The van der Waals surface area contributed by atoms with Gasteiger partial charge in [0.25, 0.3) is 0 Å². The van der Waals surface area contributed by atoms with Crippen LogP contribution in [0.4, 0.5) is 12.9 Å². The van der Waals surface area contributed by atoms with E-state index in [0.29, 0.717) is 6.61 Å². The van der Waals surface area contributed by atoms with Crippen LogP contribution in [0.25, 0.3) is 0 Å². The Labute approximate surface area is 77.0 Å². The first-order valence-corrected chi connectivity index (χ1v) is 4.43. The van der Waals surface area contributed by atoms with Crippen molar-refractivity contribution < 1.29 is 17.7 Å². The van der Waals surface area contributed by atoms with Crippen LogP contribution in [0.15, 0.2) is 12.1 Å². The largest absolute Gasteiger partial charge is 0.507 e. The van der Waals surface area contributed by atoms with E-state index in [2.05, 4.69) is 6.58 Å². The molecule has 0 saturated heterocycles. The summed E-state index contributed by atoms with van der Waals surface area (Å²) in [6.07, 6.45) is 2.84. The van der Waals surface area contributed by atoms with Crippen LogP contribution in [0.3, 0.4) is 0 Å². The second-order valence-corrected chi connectivity index (χ2v) is 2.99. The predicted molar refractivity (Wildman–Crippen MR) is 48.6 cm³/mol. The minimum atomic E-state index is -4.91. The summed E-state index contributed by atoms with van der Waals surface area (Å²) in [5.41, 5.74) is -0.753. The first-order chi connectivity index (χ1) is 5.98. The van der Waals surface area contributed by atoms with Crippen LogP contribution in [0.1, 0.15) is 26.2 Å². The molecule has 13 heavy (non-hydrogen) atoms. The molecular formula is C8H15BF3O-. The van der Waals surface area contributed by atoms with E-state index in [-0.39, 0.29) is 6.61 Å². The molecule has 0 atom stereocenters. The van der Waals surface area contributed by atoms with Gasteiger partial charge in [0.1, 0.15) is 0 Å². The first-order valence-electron chi connectivity index (χ1n) is 4.43. The quantitative estimate of drug-likeness (QED) is 0.447. The molecule has 0 saturated carbocycles. The molecule has 0 aromatic heterocycles. The van der Waals surface area contributed by atoms with Gasteiger partial charge in [0, 0.05) is 13.2 Å². The fourth-order valence-electron chi connectivity index (χ4n) is 0.752. The number of hydrogen-bond acceptors (Lipinski definition) is 1. The first kappa shape index (κ1) is 12.6. The van der Waals surface area contributed by atoms with Crippen LogP contribution in [0.5, 0.6) is 0 Å². The van der Waals surface area contributed by atoms with Crippen LogP contribution < -0.4 is 0 Å². The Hall–Kier alpha value is -0.445. The number of ether oxygens (including phenoxy) is 1. The monoisotopic (exact) mass is 195 g/mol. The van der Waals surface area contributed by atoms with Crippen LogP contribution in [-0.2, 0) is 4.74 Å². The molecule has 0 aliphatic carbocycles. The van der Waals surface area contributed by atoms with Crippen LogP contribution in [-0.4, -0.2) is 20.2 Å². The molecule has 0 aromatic carbocycles. The molecule has 0 aromatic rings. The lowest BCUT2D eigenvalue weighted by atomic mass is 9.81. The molecule has 0 rings (SSSR count). The normalized spacial score (nSPS) is 11.7. The van der Waals surface area contributed by atoms with Crippen molar-refractivity contribution in [1.29, 1.82) is 0 Å². The summed E-state index contributed by atoms with van der Waals surface area (Å²) >= 11 is 0. The minimum Gasteiger partial charge on any atom is -0.445 e. The third kappa shape index (κ3) is 6.69. The SMILES string of the molecule is C=C(COCCCCC)[B-](F)(F)F. The van der Waals surface area contributed by atoms with Gasteiger partial charge in [-0.05, 0) is 6.42 Å². The predicted octanol–water partition coefficient (Wildman–Crippen LogP) is 3.14. The summed E-state index contributed by atoms with van der Waals surface area (Å²) in [5, 5.41) is 0. The maximum absolute atomic E-state index is 11.9. The van der Waals surface area contributed by atoms with Crippen molar-refractivity contribution in [3.63, 3.8) is 0 Å². The second-order valence-electron chi connectivity index (χ2n) is 2.99. The molecular weight excluding hydrogens is 180 g/mol. The van der Waals surface area contributed by atoms with E-state index in [9.17, 15) is 12.9 Å². The summed E-state index contributed by atoms with van der Waals surface area (Å²) in [6.45, 7) is 0.0383. The van der Waals surface area contributed by atoms with E-state index in [0.717, 1.165) is 19.3 Å². The lowest BCUT2D eigenvalue weighted by molar-refractivity contribution is 0.152. The number of halogens is 3. The van der Waals surface area contributed by atoms with Crippen molar-refractivity contribution in [2.45, 2.75) is 26.2 Å². The van der Waals surface area contributed by atoms with Gasteiger partial charge in [0.2, 0.25) is 0 Å². The van der Waals surface area contributed by atoms with Gasteiger partial charge in [0.05, 0.1) is 0 Å². The summed E-state index contributed by atoms with van der Waals surface area (Å²) in [5.74, 6) is 0. The van der Waals surface area contributed by atoms with E-state index in [1.807, 2.05) is 6.92 Å². The summed E-state index contributed by atoms with van der Waals surface area (Å²) in [6, 6.07) is 0. The molecule has 0 aliphatic heterocycles. The third-order valence-corrected chi connectivity index (χ3v) is 1.64. The highest BCUT2D eigenvalue weighted by Crippen LogP contribution is 2.18. The Bertz CT molecular complexity index is 156. The van der Waals surface area contributed by atoms with Crippen molar-refractivity contribution in [1.82, 2.24) is 0 Å². The summed E-state index contributed by atoms with van der Waals surface area (Å²) < 4.78 is 40.5. The summed E-state index contributed by atoms with van der Waals surface area (Å²) in [4.78, 5) is 0. The topological polar surface area (TPSA) is 9.23 Å². The Morgan fingerprint density at radius 1 is 1.31 bits per heavy atom. The van der Waals surface area contributed by atoms with Crippen LogP contribution in [0.2, 0.25) is 0 Å². The molecule has 0 heterocycles.